The van der Waals surface area contributed by atoms with Crippen LogP contribution in [0.15, 0.2) is 24.5 Å². The maximum atomic E-state index is 12.7. The van der Waals surface area contributed by atoms with Crippen LogP contribution < -0.4 is 0 Å². The van der Waals surface area contributed by atoms with Gasteiger partial charge in [-0.2, -0.15) is 0 Å². The van der Waals surface area contributed by atoms with Gasteiger partial charge >= 0.3 is 0 Å². The lowest BCUT2D eigenvalue weighted by Crippen LogP contribution is -2.37. The molecule has 3 rings (SSSR count). The molecule has 2 aromatic heterocycles. The van der Waals surface area contributed by atoms with Crippen molar-refractivity contribution >= 4 is 11.8 Å². The lowest BCUT2D eigenvalue weighted by molar-refractivity contribution is 0.0718. The highest BCUT2D eigenvalue weighted by atomic mass is 16.2. The number of amides is 2. The van der Waals surface area contributed by atoms with E-state index in [0.717, 1.165) is 23.4 Å². The Hall–Kier alpha value is -2.50. The molecule has 1 fully saturated rings. The monoisotopic (exact) mass is 314 g/mol. The summed E-state index contributed by atoms with van der Waals surface area (Å²) in [5.74, 6) is 0.0667. The molecule has 0 bridgehead atoms. The first-order valence-corrected chi connectivity index (χ1v) is 7.94. The van der Waals surface area contributed by atoms with Gasteiger partial charge in [-0.05, 0) is 32.4 Å². The molecule has 1 saturated heterocycles. The number of aryl methyl sites for hydroxylation is 2. The Balaban J connectivity index is 1.68. The molecule has 6 heteroatoms. The standard InChI is InChI=1S/C17H22N4O2/c1-12-10-15(13(2)19-12)17(23)21-7-3-6-20(8-9-21)16(22)14-4-5-18-11-14/h4-5,10-11,18-19H,3,6-9H2,1-2H3. The second-order valence-corrected chi connectivity index (χ2v) is 6.03. The zero-order valence-electron chi connectivity index (χ0n) is 13.6. The highest BCUT2D eigenvalue weighted by Gasteiger charge is 2.24. The summed E-state index contributed by atoms with van der Waals surface area (Å²) in [6.45, 7) is 6.36. The molecule has 0 unspecified atom stereocenters. The zero-order chi connectivity index (χ0) is 16.4. The lowest BCUT2D eigenvalue weighted by Gasteiger charge is -2.22. The molecule has 2 aromatic rings. The molecule has 0 saturated carbocycles. The summed E-state index contributed by atoms with van der Waals surface area (Å²) in [4.78, 5) is 34.9. The molecule has 2 amide bonds. The minimum Gasteiger partial charge on any atom is -0.367 e. The van der Waals surface area contributed by atoms with Crippen molar-refractivity contribution in [3.63, 3.8) is 0 Å². The van der Waals surface area contributed by atoms with E-state index in [9.17, 15) is 9.59 Å². The average Bonchev–Trinajstić information content (AvgIpc) is 3.09. The number of carbonyl (C=O) groups is 2. The number of H-pyrrole nitrogens is 2. The number of carbonyl (C=O) groups excluding carboxylic acids is 2. The van der Waals surface area contributed by atoms with Crippen molar-refractivity contribution in [2.24, 2.45) is 0 Å². The van der Waals surface area contributed by atoms with Crippen LogP contribution in [-0.2, 0) is 0 Å². The fraction of sp³-hybridized carbons (Fsp3) is 0.412. The Morgan fingerprint density at radius 2 is 1.74 bits per heavy atom. The van der Waals surface area contributed by atoms with E-state index >= 15 is 0 Å². The Labute approximate surface area is 135 Å². The Bertz CT molecular complexity index is 702. The molecule has 23 heavy (non-hydrogen) atoms. The molecule has 3 heterocycles. The number of hydrogen-bond donors (Lipinski definition) is 2. The maximum Gasteiger partial charge on any atom is 0.255 e. The summed E-state index contributed by atoms with van der Waals surface area (Å²) in [6, 6.07) is 3.67. The minimum atomic E-state index is 0.0224. The van der Waals surface area contributed by atoms with Gasteiger partial charge in [0.25, 0.3) is 11.8 Å². The molecular formula is C17H22N4O2. The average molecular weight is 314 g/mol. The number of hydrogen-bond acceptors (Lipinski definition) is 2. The van der Waals surface area contributed by atoms with E-state index in [-0.39, 0.29) is 11.8 Å². The molecule has 1 aliphatic rings. The summed E-state index contributed by atoms with van der Waals surface area (Å²) >= 11 is 0. The summed E-state index contributed by atoms with van der Waals surface area (Å²) in [5.41, 5.74) is 3.29. The van der Waals surface area contributed by atoms with Gasteiger partial charge in [-0.25, -0.2) is 0 Å². The molecule has 0 aromatic carbocycles. The summed E-state index contributed by atoms with van der Waals surface area (Å²) in [6.07, 6.45) is 4.25. The molecule has 0 spiro atoms. The van der Waals surface area contributed by atoms with Crippen LogP contribution in [0.4, 0.5) is 0 Å². The van der Waals surface area contributed by atoms with Crippen molar-refractivity contribution in [1.82, 2.24) is 19.8 Å². The number of nitrogens with one attached hydrogen (secondary N) is 2. The maximum absolute atomic E-state index is 12.7. The van der Waals surface area contributed by atoms with Crippen LogP contribution in [0, 0.1) is 13.8 Å². The molecule has 0 radical (unpaired) electrons. The zero-order valence-corrected chi connectivity index (χ0v) is 13.6. The summed E-state index contributed by atoms with van der Waals surface area (Å²) in [5, 5.41) is 0. The minimum absolute atomic E-state index is 0.0224. The van der Waals surface area contributed by atoms with Crippen LogP contribution in [0.25, 0.3) is 0 Å². The quantitative estimate of drug-likeness (QED) is 0.889. The van der Waals surface area contributed by atoms with Gasteiger partial charge in [-0.1, -0.05) is 0 Å². The fourth-order valence-corrected chi connectivity index (χ4v) is 3.08. The van der Waals surface area contributed by atoms with Gasteiger partial charge in [0.1, 0.15) is 0 Å². The van der Waals surface area contributed by atoms with E-state index in [1.807, 2.05) is 29.7 Å². The Kier molecular flexibility index (Phi) is 4.23. The van der Waals surface area contributed by atoms with Gasteiger partial charge in [0.2, 0.25) is 0 Å². The molecule has 1 aliphatic heterocycles. The van der Waals surface area contributed by atoms with Crippen molar-refractivity contribution in [3.05, 3.63) is 47.0 Å². The van der Waals surface area contributed by atoms with E-state index in [4.69, 9.17) is 0 Å². The van der Waals surface area contributed by atoms with Gasteiger partial charge in [0, 0.05) is 50.0 Å². The number of rotatable bonds is 2. The third-order valence-corrected chi connectivity index (χ3v) is 4.30. The fourth-order valence-electron chi connectivity index (χ4n) is 3.08. The molecule has 122 valence electrons. The van der Waals surface area contributed by atoms with Crippen molar-refractivity contribution in [2.75, 3.05) is 26.2 Å². The lowest BCUT2D eigenvalue weighted by atomic mass is 10.2. The predicted molar refractivity (Wildman–Crippen MR) is 87.5 cm³/mol. The van der Waals surface area contributed by atoms with E-state index in [1.54, 1.807) is 18.5 Å². The van der Waals surface area contributed by atoms with Gasteiger partial charge < -0.3 is 19.8 Å². The van der Waals surface area contributed by atoms with Gasteiger partial charge in [-0.3, -0.25) is 9.59 Å². The van der Waals surface area contributed by atoms with Crippen molar-refractivity contribution in [3.8, 4) is 0 Å². The smallest absolute Gasteiger partial charge is 0.255 e. The largest absolute Gasteiger partial charge is 0.367 e. The first kappa shape index (κ1) is 15.4. The third-order valence-electron chi connectivity index (χ3n) is 4.30. The predicted octanol–water partition coefficient (Wildman–Crippen LogP) is 1.95. The Morgan fingerprint density at radius 3 is 2.30 bits per heavy atom. The summed E-state index contributed by atoms with van der Waals surface area (Å²) < 4.78 is 0. The molecule has 0 atom stereocenters. The highest BCUT2D eigenvalue weighted by molar-refractivity contribution is 5.96. The van der Waals surface area contributed by atoms with Gasteiger partial charge in [0.15, 0.2) is 0 Å². The number of aromatic amines is 2. The van der Waals surface area contributed by atoms with Crippen LogP contribution in [-0.4, -0.2) is 57.8 Å². The van der Waals surface area contributed by atoms with Crippen LogP contribution in [0.2, 0.25) is 0 Å². The molecule has 2 N–H and O–H groups in total. The van der Waals surface area contributed by atoms with E-state index in [2.05, 4.69) is 9.97 Å². The van der Waals surface area contributed by atoms with E-state index in [1.165, 1.54) is 0 Å². The highest BCUT2D eigenvalue weighted by Crippen LogP contribution is 2.15. The van der Waals surface area contributed by atoms with Crippen LogP contribution in [0.1, 0.15) is 38.5 Å². The van der Waals surface area contributed by atoms with Gasteiger partial charge in [0.05, 0.1) is 11.1 Å². The Morgan fingerprint density at radius 1 is 1.04 bits per heavy atom. The normalized spacial score (nSPS) is 15.6. The molecular weight excluding hydrogens is 292 g/mol. The van der Waals surface area contributed by atoms with E-state index in [0.29, 0.717) is 31.7 Å². The number of aromatic nitrogens is 2. The second kappa shape index (κ2) is 6.32. The number of nitrogens with zero attached hydrogens (tertiary/aromatic N) is 2. The van der Waals surface area contributed by atoms with E-state index < -0.39 is 0 Å². The van der Waals surface area contributed by atoms with Crippen molar-refractivity contribution in [1.29, 1.82) is 0 Å². The van der Waals surface area contributed by atoms with Crippen LogP contribution in [0.5, 0.6) is 0 Å². The molecule has 0 aliphatic carbocycles. The molecule has 6 nitrogen and oxygen atoms in total. The van der Waals surface area contributed by atoms with Crippen molar-refractivity contribution in [2.45, 2.75) is 20.3 Å². The van der Waals surface area contributed by atoms with Crippen LogP contribution >= 0.6 is 0 Å². The summed E-state index contributed by atoms with van der Waals surface area (Å²) in [7, 11) is 0. The third kappa shape index (κ3) is 3.16. The first-order chi connectivity index (χ1) is 11.1. The first-order valence-electron chi connectivity index (χ1n) is 7.94. The second-order valence-electron chi connectivity index (χ2n) is 6.03. The SMILES string of the molecule is Cc1cc(C(=O)N2CCCN(C(=O)c3cc[nH]c3)CC2)c(C)[nH]1. The van der Waals surface area contributed by atoms with Crippen molar-refractivity contribution < 1.29 is 9.59 Å². The topological polar surface area (TPSA) is 72.2 Å². The van der Waals surface area contributed by atoms with Crippen LogP contribution in [0.3, 0.4) is 0 Å². The van der Waals surface area contributed by atoms with Gasteiger partial charge in [-0.15, -0.1) is 0 Å².